The van der Waals surface area contributed by atoms with E-state index < -0.39 is 5.91 Å². The molecule has 6 nitrogen and oxygen atoms in total. The van der Waals surface area contributed by atoms with Crippen LogP contribution >= 0.6 is 0 Å². The number of methoxy groups -OCH3 is 2. The Kier molecular flexibility index (Phi) is 5.78. The monoisotopic (exact) mass is 328 g/mol. The van der Waals surface area contributed by atoms with Gasteiger partial charge in [-0.1, -0.05) is 18.2 Å². The van der Waals surface area contributed by atoms with Gasteiger partial charge in [0.05, 0.1) is 19.9 Å². The van der Waals surface area contributed by atoms with Crippen LogP contribution in [-0.4, -0.2) is 33.1 Å². The number of carbonyl (C=O) groups is 2. The molecule has 0 saturated heterocycles. The number of nitrogens with one attached hydrogen (secondary N) is 1. The summed E-state index contributed by atoms with van der Waals surface area (Å²) in [6.45, 7) is 0. The molecule has 2 amide bonds. The number of ether oxygens (including phenoxy) is 2. The summed E-state index contributed by atoms with van der Waals surface area (Å²) >= 11 is 0. The quantitative estimate of drug-likeness (QED) is 0.828. The number of anilines is 2. The van der Waals surface area contributed by atoms with E-state index >= 15 is 0 Å². The molecule has 0 heterocycles. The molecule has 6 heteroatoms. The largest absolute Gasteiger partial charge is 0.497 e. The van der Waals surface area contributed by atoms with Gasteiger partial charge in [-0.3, -0.25) is 9.59 Å². The smallest absolute Gasteiger partial charge is 0.236 e. The number of amides is 2. The Morgan fingerprint density at radius 2 is 1.75 bits per heavy atom. The average molecular weight is 328 g/mol. The molecular formula is C18H20N2O4. The van der Waals surface area contributed by atoms with Crippen LogP contribution < -0.4 is 19.7 Å². The molecule has 0 radical (unpaired) electrons. The second-order valence-corrected chi connectivity index (χ2v) is 5.08. The van der Waals surface area contributed by atoms with Crippen molar-refractivity contribution in [2.24, 2.45) is 0 Å². The first-order valence-corrected chi connectivity index (χ1v) is 7.38. The van der Waals surface area contributed by atoms with E-state index in [0.29, 0.717) is 17.2 Å². The summed E-state index contributed by atoms with van der Waals surface area (Å²) in [7, 11) is 4.68. The lowest BCUT2D eigenvalue weighted by Gasteiger charge is -2.17. The van der Waals surface area contributed by atoms with Gasteiger partial charge in [0.1, 0.15) is 17.9 Å². The van der Waals surface area contributed by atoms with Gasteiger partial charge < -0.3 is 19.7 Å². The molecule has 0 aliphatic carbocycles. The first-order valence-electron chi connectivity index (χ1n) is 7.38. The molecule has 0 atom stereocenters. The fourth-order valence-corrected chi connectivity index (χ4v) is 2.16. The Morgan fingerprint density at radius 3 is 2.38 bits per heavy atom. The minimum atomic E-state index is -0.422. The van der Waals surface area contributed by atoms with Gasteiger partial charge in [-0.2, -0.15) is 0 Å². The normalized spacial score (nSPS) is 9.96. The highest BCUT2D eigenvalue weighted by atomic mass is 16.5. The molecule has 0 aliphatic heterocycles. The first-order chi connectivity index (χ1) is 11.5. The molecule has 0 aliphatic rings. The molecule has 0 unspecified atom stereocenters. The zero-order valence-corrected chi connectivity index (χ0v) is 13.9. The zero-order chi connectivity index (χ0) is 17.5. The van der Waals surface area contributed by atoms with Gasteiger partial charge in [-0.25, -0.2) is 0 Å². The molecule has 0 spiro atoms. The van der Waals surface area contributed by atoms with Crippen LogP contribution in [0.2, 0.25) is 0 Å². The van der Waals surface area contributed by atoms with Crippen molar-refractivity contribution in [1.82, 2.24) is 0 Å². The predicted molar refractivity (Wildman–Crippen MR) is 92.6 cm³/mol. The number of rotatable bonds is 6. The van der Waals surface area contributed by atoms with Crippen molar-refractivity contribution < 1.29 is 19.1 Å². The van der Waals surface area contributed by atoms with Crippen LogP contribution in [0.1, 0.15) is 6.42 Å². The predicted octanol–water partition coefficient (Wildman–Crippen LogP) is 2.70. The molecule has 2 aromatic rings. The Balaban J connectivity index is 2.04. The van der Waals surface area contributed by atoms with Crippen molar-refractivity contribution in [3.63, 3.8) is 0 Å². The molecule has 126 valence electrons. The molecule has 0 bridgehead atoms. The summed E-state index contributed by atoms with van der Waals surface area (Å²) in [6, 6.07) is 14.2. The van der Waals surface area contributed by atoms with E-state index in [1.807, 2.05) is 18.2 Å². The number of para-hydroxylation sites is 1. The SMILES string of the molecule is COc1ccc(OC)c(NC(=O)CC(=O)N(C)c2ccccc2)c1. The average Bonchev–Trinajstić information content (AvgIpc) is 2.61. The van der Waals surface area contributed by atoms with E-state index in [0.717, 1.165) is 5.69 Å². The van der Waals surface area contributed by atoms with Gasteiger partial charge in [-0.15, -0.1) is 0 Å². The molecule has 1 N–H and O–H groups in total. The lowest BCUT2D eigenvalue weighted by Crippen LogP contribution is -2.30. The Morgan fingerprint density at radius 1 is 1.04 bits per heavy atom. The fraction of sp³-hybridized carbons (Fsp3) is 0.222. The van der Waals surface area contributed by atoms with E-state index in [9.17, 15) is 9.59 Å². The highest BCUT2D eigenvalue weighted by molar-refractivity contribution is 6.09. The van der Waals surface area contributed by atoms with E-state index in [1.165, 1.54) is 19.1 Å². The molecule has 24 heavy (non-hydrogen) atoms. The van der Waals surface area contributed by atoms with Gasteiger partial charge in [0.25, 0.3) is 0 Å². The maximum Gasteiger partial charge on any atom is 0.236 e. The summed E-state index contributed by atoms with van der Waals surface area (Å²) in [5.41, 5.74) is 1.19. The maximum absolute atomic E-state index is 12.2. The van der Waals surface area contributed by atoms with Crippen molar-refractivity contribution in [2.45, 2.75) is 6.42 Å². The van der Waals surface area contributed by atoms with Crippen molar-refractivity contribution in [1.29, 1.82) is 0 Å². The minimum Gasteiger partial charge on any atom is -0.497 e. The van der Waals surface area contributed by atoms with Crippen LogP contribution in [0.15, 0.2) is 48.5 Å². The van der Waals surface area contributed by atoms with Crippen molar-refractivity contribution in [3.05, 3.63) is 48.5 Å². The number of benzene rings is 2. The second-order valence-electron chi connectivity index (χ2n) is 5.08. The Hall–Kier alpha value is -3.02. The lowest BCUT2D eigenvalue weighted by molar-refractivity contribution is -0.125. The topological polar surface area (TPSA) is 67.9 Å². The van der Waals surface area contributed by atoms with Crippen LogP contribution in [0.4, 0.5) is 11.4 Å². The second kappa shape index (κ2) is 8.01. The summed E-state index contributed by atoms with van der Waals surface area (Å²) in [4.78, 5) is 25.8. The van der Waals surface area contributed by atoms with Gasteiger partial charge in [-0.05, 0) is 24.3 Å². The van der Waals surface area contributed by atoms with E-state index in [-0.39, 0.29) is 12.3 Å². The number of hydrogen-bond acceptors (Lipinski definition) is 4. The number of carbonyl (C=O) groups excluding carboxylic acids is 2. The van der Waals surface area contributed by atoms with Crippen molar-refractivity contribution in [2.75, 3.05) is 31.5 Å². The third-order valence-electron chi connectivity index (χ3n) is 3.51. The molecule has 0 fully saturated rings. The molecule has 2 aromatic carbocycles. The molecular weight excluding hydrogens is 308 g/mol. The third kappa shape index (κ3) is 4.25. The minimum absolute atomic E-state index is 0.272. The van der Waals surface area contributed by atoms with Crippen LogP contribution in [0.5, 0.6) is 11.5 Å². The highest BCUT2D eigenvalue weighted by Gasteiger charge is 2.17. The maximum atomic E-state index is 12.2. The van der Waals surface area contributed by atoms with E-state index in [1.54, 1.807) is 37.4 Å². The number of nitrogens with zero attached hydrogens (tertiary/aromatic N) is 1. The Labute approximate surface area is 141 Å². The van der Waals surface area contributed by atoms with Gasteiger partial charge >= 0.3 is 0 Å². The third-order valence-corrected chi connectivity index (χ3v) is 3.51. The number of hydrogen-bond donors (Lipinski definition) is 1. The summed E-state index contributed by atoms with van der Waals surface area (Å²) < 4.78 is 10.3. The first kappa shape index (κ1) is 17.3. The van der Waals surface area contributed by atoms with Crippen molar-refractivity contribution in [3.8, 4) is 11.5 Å². The highest BCUT2D eigenvalue weighted by Crippen LogP contribution is 2.29. The van der Waals surface area contributed by atoms with Crippen LogP contribution in [0, 0.1) is 0 Å². The summed E-state index contributed by atoms with van der Waals surface area (Å²) in [6.07, 6.45) is -0.272. The van der Waals surface area contributed by atoms with Crippen LogP contribution in [-0.2, 0) is 9.59 Å². The van der Waals surface area contributed by atoms with Crippen LogP contribution in [0.3, 0.4) is 0 Å². The standard InChI is InChI=1S/C18H20N2O4/c1-20(13-7-5-4-6-8-13)18(22)12-17(21)19-15-11-14(23-2)9-10-16(15)24-3/h4-11H,12H2,1-3H3,(H,19,21). The van der Waals surface area contributed by atoms with E-state index in [2.05, 4.69) is 5.32 Å². The summed E-state index contributed by atoms with van der Waals surface area (Å²) in [5, 5.41) is 2.68. The van der Waals surface area contributed by atoms with E-state index in [4.69, 9.17) is 9.47 Å². The fourth-order valence-electron chi connectivity index (χ4n) is 2.16. The zero-order valence-electron chi connectivity index (χ0n) is 13.9. The summed E-state index contributed by atoms with van der Waals surface area (Å²) in [5.74, 6) is 0.349. The van der Waals surface area contributed by atoms with Crippen LogP contribution in [0.25, 0.3) is 0 Å². The molecule has 0 saturated carbocycles. The Bertz CT molecular complexity index is 716. The van der Waals surface area contributed by atoms with Gasteiger partial charge in [0.15, 0.2) is 0 Å². The lowest BCUT2D eigenvalue weighted by atomic mass is 10.2. The van der Waals surface area contributed by atoms with Crippen molar-refractivity contribution >= 4 is 23.2 Å². The molecule has 0 aromatic heterocycles. The van der Waals surface area contributed by atoms with Gasteiger partial charge in [0, 0.05) is 18.8 Å². The van der Waals surface area contributed by atoms with Gasteiger partial charge in [0.2, 0.25) is 11.8 Å². The molecule has 2 rings (SSSR count).